The zero-order valence-electron chi connectivity index (χ0n) is 17.9. The molecule has 0 aliphatic carbocycles. The van der Waals surface area contributed by atoms with Crippen molar-refractivity contribution in [3.05, 3.63) is 95.0 Å². The standard InChI is InChI=1S/C24H25ClN2O4S/c1-18(20-6-4-3-5-7-20)26-24(28)17-31-23-14-12-22(13-15-23)27(32(2,29)30)16-19-8-10-21(25)11-9-19/h3-15,18H,16-17H2,1-2H3,(H,26,28)/t18-/m0/s1. The number of rotatable bonds is 9. The highest BCUT2D eigenvalue weighted by Gasteiger charge is 2.18. The van der Waals surface area contributed by atoms with Gasteiger partial charge in [-0.05, 0) is 54.4 Å². The van der Waals surface area contributed by atoms with Gasteiger partial charge in [0.25, 0.3) is 5.91 Å². The normalized spacial score (nSPS) is 12.1. The molecule has 0 saturated carbocycles. The lowest BCUT2D eigenvalue weighted by Gasteiger charge is -2.23. The Labute approximate surface area is 193 Å². The van der Waals surface area contributed by atoms with Gasteiger partial charge in [0.05, 0.1) is 24.5 Å². The van der Waals surface area contributed by atoms with Crippen molar-refractivity contribution < 1.29 is 17.9 Å². The molecule has 1 amide bonds. The van der Waals surface area contributed by atoms with E-state index in [9.17, 15) is 13.2 Å². The summed E-state index contributed by atoms with van der Waals surface area (Å²) < 4.78 is 31.5. The van der Waals surface area contributed by atoms with Crippen LogP contribution in [0, 0.1) is 0 Å². The van der Waals surface area contributed by atoms with Gasteiger partial charge in [-0.3, -0.25) is 9.10 Å². The van der Waals surface area contributed by atoms with Crippen molar-refractivity contribution in [1.82, 2.24) is 5.32 Å². The van der Waals surface area contributed by atoms with E-state index in [-0.39, 0.29) is 25.1 Å². The lowest BCUT2D eigenvalue weighted by molar-refractivity contribution is -0.123. The van der Waals surface area contributed by atoms with Crippen molar-refractivity contribution in [3.63, 3.8) is 0 Å². The Morgan fingerprint density at radius 2 is 1.62 bits per heavy atom. The van der Waals surface area contributed by atoms with Crippen LogP contribution in [-0.4, -0.2) is 27.2 Å². The number of carbonyl (C=O) groups is 1. The van der Waals surface area contributed by atoms with Crippen molar-refractivity contribution in [2.75, 3.05) is 17.2 Å². The van der Waals surface area contributed by atoms with Gasteiger partial charge >= 0.3 is 0 Å². The molecule has 32 heavy (non-hydrogen) atoms. The fourth-order valence-corrected chi connectivity index (χ4v) is 4.14. The van der Waals surface area contributed by atoms with E-state index in [1.807, 2.05) is 37.3 Å². The molecule has 6 nitrogen and oxygen atoms in total. The third-order valence-corrected chi connectivity index (χ3v) is 6.20. The van der Waals surface area contributed by atoms with E-state index in [0.29, 0.717) is 16.5 Å². The highest BCUT2D eigenvalue weighted by Crippen LogP contribution is 2.24. The summed E-state index contributed by atoms with van der Waals surface area (Å²) in [6, 6.07) is 23.1. The Morgan fingerprint density at radius 3 is 2.22 bits per heavy atom. The third kappa shape index (κ3) is 6.73. The molecule has 0 saturated heterocycles. The summed E-state index contributed by atoms with van der Waals surface area (Å²) in [6.07, 6.45) is 1.16. The summed E-state index contributed by atoms with van der Waals surface area (Å²) >= 11 is 5.91. The highest BCUT2D eigenvalue weighted by molar-refractivity contribution is 7.92. The van der Waals surface area contributed by atoms with Gasteiger partial charge in [-0.2, -0.15) is 0 Å². The number of nitrogens with one attached hydrogen (secondary N) is 1. The Kier molecular flexibility index (Phi) is 7.77. The van der Waals surface area contributed by atoms with Crippen LogP contribution >= 0.6 is 11.6 Å². The maximum atomic E-state index is 12.3. The van der Waals surface area contributed by atoms with Crippen LogP contribution < -0.4 is 14.4 Å². The molecule has 0 spiro atoms. The molecule has 3 aromatic rings. The SMILES string of the molecule is C[C@H](NC(=O)COc1ccc(N(Cc2ccc(Cl)cc2)S(C)(=O)=O)cc1)c1ccccc1. The molecule has 0 heterocycles. The molecule has 0 bridgehead atoms. The average molecular weight is 473 g/mol. The molecular formula is C24H25ClN2O4S. The number of hydrogen-bond donors (Lipinski definition) is 1. The number of benzene rings is 3. The molecule has 8 heteroatoms. The van der Waals surface area contributed by atoms with Gasteiger partial charge in [0, 0.05) is 5.02 Å². The molecule has 3 aromatic carbocycles. The average Bonchev–Trinajstić information content (AvgIpc) is 2.77. The zero-order chi connectivity index (χ0) is 23.1. The minimum atomic E-state index is -3.51. The van der Waals surface area contributed by atoms with Gasteiger partial charge in [-0.1, -0.05) is 54.1 Å². The van der Waals surface area contributed by atoms with Crippen LogP contribution in [0.25, 0.3) is 0 Å². The van der Waals surface area contributed by atoms with E-state index in [4.69, 9.17) is 16.3 Å². The number of nitrogens with zero attached hydrogens (tertiary/aromatic N) is 1. The van der Waals surface area contributed by atoms with E-state index >= 15 is 0 Å². The van der Waals surface area contributed by atoms with Gasteiger partial charge in [0.15, 0.2) is 6.61 Å². The Morgan fingerprint density at radius 1 is 1.00 bits per heavy atom. The smallest absolute Gasteiger partial charge is 0.258 e. The summed E-state index contributed by atoms with van der Waals surface area (Å²) in [6.45, 7) is 1.94. The summed E-state index contributed by atoms with van der Waals surface area (Å²) in [7, 11) is -3.51. The molecule has 0 radical (unpaired) electrons. The van der Waals surface area contributed by atoms with Crippen LogP contribution in [0.4, 0.5) is 5.69 Å². The van der Waals surface area contributed by atoms with Gasteiger partial charge in [-0.25, -0.2) is 8.42 Å². The first-order valence-electron chi connectivity index (χ1n) is 10.0. The predicted octanol–water partition coefficient (Wildman–Crippen LogP) is 4.56. The molecule has 0 fully saturated rings. The summed E-state index contributed by atoms with van der Waals surface area (Å²) in [4.78, 5) is 12.2. The molecule has 0 aliphatic heterocycles. The number of anilines is 1. The lowest BCUT2D eigenvalue weighted by Crippen LogP contribution is -2.31. The van der Waals surface area contributed by atoms with E-state index in [1.54, 1.807) is 48.5 Å². The number of carbonyl (C=O) groups excluding carboxylic acids is 1. The maximum absolute atomic E-state index is 12.3. The van der Waals surface area contributed by atoms with Crippen LogP contribution in [0.2, 0.25) is 5.02 Å². The first-order chi connectivity index (χ1) is 15.2. The number of amides is 1. The summed E-state index contributed by atoms with van der Waals surface area (Å²) in [5, 5.41) is 3.47. The number of halogens is 1. The molecular weight excluding hydrogens is 448 g/mol. The molecule has 0 aromatic heterocycles. The lowest BCUT2D eigenvalue weighted by atomic mass is 10.1. The van der Waals surface area contributed by atoms with Crippen LogP contribution in [0.1, 0.15) is 24.1 Å². The zero-order valence-corrected chi connectivity index (χ0v) is 19.4. The van der Waals surface area contributed by atoms with Gasteiger partial charge < -0.3 is 10.1 Å². The second-order valence-corrected chi connectivity index (χ2v) is 9.72. The third-order valence-electron chi connectivity index (χ3n) is 4.81. The van der Waals surface area contributed by atoms with Crippen LogP contribution in [0.5, 0.6) is 5.75 Å². The van der Waals surface area contributed by atoms with E-state index in [1.165, 1.54) is 4.31 Å². The number of sulfonamides is 1. The number of hydrogen-bond acceptors (Lipinski definition) is 4. The first kappa shape index (κ1) is 23.6. The van der Waals surface area contributed by atoms with Gasteiger partial charge in [0.2, 0.25) is 10.0 Å². The molecule has 1 atom stereocenters. The highest BCUT2D eigenvalue weighted by atomic mass is 35.5. The monoisotopic (exact) mass is 472 g/mol. The Hall–Kier alpha value is -3.03. The quantitative estimate of drug-likeness (QED) is 0.495. The van der Waals surface area contributed by atoms with Gasteiger partial charge in [0.1, 0.15) is 5.75 Å². The first-order valence-corrected chi connectivity index (χ1v) is 12.2. The van der Waals surface area contributed by atoms with Crippen LogP contribution in [-0.2, 0) is 21.4 Å². The molecule has 168 valence electrons. The fourth-order valence-electron chi connectivity index (χ4n) is 3.12. The van der Waals surface area contributed by atoms with E-state index < -0.39 is 10.0 Å². The van der Waals surface area contributed by atoms with Crippen molar-refractivity contribution in [2.45, 2.75) is 19.5 Å². The molecule has 0 aliphatic rings. The molecule has 3 rings (SSSR count). The van der Waals surface area contributed by atoms with E-state index in [2.05, 4.69) is 5.32 Å². The largest absolute Gasteiger partial charge is 0.484 e. The van der Waals surface area contributed by atoms with Crippen LogP contribution in [0.15, 0.2) is 78.9 Å². The fraction of sp³-hybridized carbons (Fsp3) is 0.208. The predicted molar refractivity (Wildman–Crippen MR) is 127 cm³/mol. The van der Waals surface area contributed by atoms with Crippen LogP contribution in [0.3, 0.4) is 0 Å². The van der Waals surface area contributed by atoms with Crippen molar-refractivity contribution in [3.8, 4) is 5.75 Å². The van der Waals surface area contributed by atoms with Crippen molar-refractivity contribution >= 4 is 33.2 Å². The second-order valence-electron chi connectivity index (χ2n) is 7.38. The Bertz CT molecular complexity index is 1130. The van der Waals surface area contributed by atoms with E-state index in [0.717, 1.165) is 17.4 Å². The van der Waals surface area contributed by atoms with Crippen molar-refractivity contribution in [2.24, 2.45) is 0 Å². The minimum Gasteiger partial charge on any atom is -0.484 e. The summed E-state index contributed by atoms with van der Waals surface area (Å²) in [5.74, 6) is 0.224. The molecule has 0 unspecified atom stereocenters. The summed E-state index contributed by atoms with van der Waals surface area (Å²) in [5.41, 5.74) is 2.31. The minimum absolute atomic E-state index is 0.133. The second kappa shape index (κ2) is 10.5. The molecule has 1 N–H and O–H groups in total. The van der Waals surface area contributed by atoms with Gasteiger partial charge in [-0.15, -0.1) is 0 Å². The number of ether oxygens (including phenoxy) is 1. The topological polar surface area (TPSA) is 75.7 Å². The Balaban J connectivity index is 1.61. The maximum Gasteiger partial charge on any atom is 0.258 e. The van der Waals surface area contributed by atoms with Crippen molar-refractivity contribution in [1.29, 1.82) is 0 Å².